The van der Waals surface area contributed by atoms with E-state index >= 15 is 0 Å². The second-order valence-corrected chi connectivity index (χ2v) is 13.1. The van der Waals surface area contributed by atoms with Crippen LogP contribution < -0.4 is 16.0 Å². The van der Waals surface area contributed by atoms with Gasteiger partial charge in [-0.1, -0.05) is 74.9 Å². The molecule has 1 atom stereocenters. The number of para-hydroxylation sites is 2. The quantitative estimate of drug-likeness (QED) is 0.148. The molecule has 1 aliphatic heterocycles. The smallest absolute Gasteiger partial charge is 0.324 e. The number of benzene rings is 3. The molecule has 1 fully saturated rings. The molecule has 2 aromatic heterocycles. The predicted octanol–water partition coefficient (Wildman–Crippen LogP) is 7.50. The van der Waals surface area contributed by atoms with Crippen LogP contribution >= 0.6 is 0 Å². The minimum atomic E-state index is -0.385. The number of aromatic nitrogens is 3. The van der Waals surface area contributed by atoms with Crippen molar-refractivity contribution >= 4 is 34.2 Å². The highest BCUT2D eigenvalue weighted by atomic mass is 16.2. The highest BCUT2D eigenvalue weighted by Crippen LogP contribution is 2.37. The monoisotopic (exact) mass is 602 g/mol. The molecule has 45 heavy (non-hydrogen) atoms. The highest BCUT2D eigenvalue weighted by molar-refractivity contribution is 6.01. The molecule has 5 aromatic rings. The number of rotatable bonds is 8. The average molecular weight is 603 g/mol. The number of nitrogens with one attached hydrogen (secondary N) is 4. The Morgan fingerprint density at radius 1 is 0.956 bits per heavy atom. The predicted molar refractivity (Wildman–Crippen MR) is 181 cm³/mol. The SMILES string of the molecule is Cc1ccc(-n2nc(C(C)(C)C)cc2NC(=O)Nc2ccccc2C(C(=O)Cc2c[nH]c3ccccc23)C2CCNCC2)cc1. The van der Waals surface area contributed by atoms with Crippen molar-refractivity contribution in [1.29, 1.82) is 0 Å². The maximum Gasteiger partial charge on any atom is 0.324 e. The summed E-state index contributed by atoms with van der Waals surface area (Å²) in [5.41, 5.74) is 6.19. The molecule has 2 amide bonds. The van der Waals surface area contributed by atoms with Crippen LogP contribution in [0.25, 0.3) is 16.6 Å². The number of H-pyrrole nitrogens is 1. The molecule has 232 valence electrons. The summed E-state index contributed by atoms with van der Waals surface area (Å²) in [4.78, 5) is 31.2. The summed E-state index contributed by atoms with van der Waals surface area (Å²) >= 11 is 0. The molecule has 0 aliphatic carbocycles. The number of hydrogen-bond donors (Lipinski definition) is 4. The number of carbonyl (C=O) groups excluding carboxylic acids is 2. The van der Waals surface area contributed by atoms with E-state index in [2.05, 4.69) is 47.8 Å². The maximum atomic E-state index is 14.2. The first-order valence-corrected chi connectivity index (χ1v) is 15.8. The van der Waals surface area contributed by atoms with Crippen LogP contribution in [0.4, 0.5) is 16.3 Å². The lowest BCUT2D eigenvalue weighted by Gasteiger charge is -2.31. The van der Waals surface area contributed by atoms with E-state index in [1.54, 1.807) is 4.68 Å². The Labute approximate surface area is 264 Å². The lowest BCUT2D eigenvalue weighted by molar-refractivity contribution is -0.121. The van der Waals surface area contributed by atoms with Gasteiger partial charge in [0.2, 0.25) is 0 Å². The standard InChI is InChI=1S/C37H42N6O2/c1-24-13-15-27(16-14-24)43-34(22-33(42-43)37(2,3)4)41-36(45)40-31-12-8-6-10-29(31)35(25-17-19-38-20-18-25)32(44)21-26-23-39-30-11-7-5-9-28(26)30/h5-16,22-23,25,35,38-39H,17-21H2,1-4H3,(H2,40,41,45). The average Bonchev–Trinajstić information content (AvgIpc) is 3.64. The number of carbonyl (C=O) groups is 2. The first-order valence-electron chi connectivity index (χ1n) is 15.8. The number of aromatic amines is 1. The number of aryl methyl sites for hydroxylation is 1. The Balaban J connectivity index is 1.29. The van der Waals surface area contributed by atoms with Gasteiger partial charge in [0, 0.05) is 46.6 Å². The van der Waals surface area contributed by atoms with Gasteiger partial charge in [-0.2, -0.15) is 5.10 Å². The Morgan fingerprint density at radius 2 is 1.67 bits per heavy atom. The molecule has 8 heteroatoms. The van der Waals surface area contributed by atoms with Crippen LogP contribution in [0.2, 0.25) is 0 Å². The number of fused-ring (bicyclic) bond motifs is 1. The topological polar surface area (TPSA) is 104 Å². The molecule has 0 saturated carbocycles. The zero-order valence-electron chi connectivity index (χ0n) is 26.5. The van der Waals surface area contributed by atoms with Crippen LogP contribution in [-0.2, 0) is 16.6 Å². The van der Waals surface area contributed by atoms with Gasteiger partial charge >= 0.3 is 6.03 Å². The minimum Gasteiger partial charge on any atom is -0.361 e. The van der Waals surface area contributed by atoms with Gasteiger partial charge < -0.3 is 15.6 Å². The normalized spacial score (nSPS) is 14.8. The van der Waals surface area contributed by atoms with E-state index in [0.717, 1.165) is 64.9 Å². The van der Waals surface area contributed by atoms with Crippen LogP contribution in [-0.4, -0.2) is 39.7 Å². The van der Waals surface area contributed by atoms with Gasteiger partial charge in [0.05, 0.1) is 11.4 Å². The van der Waals surface area contributed by atoms with E-state index in [0.29, 0.717) is 17.9 Å². The lowest BCUT2D eigenvalue weighted by Crippen LogP contribution is -2.34. The number of hydrogen-bond acceptors (Lipinski definition) is 4. The highest BCUT2D eigenvalue weighted by Gasteiger charge is 2.33. The molecule has 6 rings (SSSR count). The second-order valence-electron chi connectivity index (χ2n) is 13.1. The zero-order chi connectivity index (χ0) is 31.6. The molecule has 0 bridgehead atoms. The third kappa shape index (κ3) is 6.71. The van der Waals surface area contributed by atoms with E-state index in [9.17, 15) is 9.59 Å². The lowest BCUT2D eigenvalue weighted by atomic mass is 9.76. The minimum absolute atomic E-state index is 0.161. The third-order valence-electron chi connectivity index (χ3n) is 8.78. The number of nitrogens with zero attached hydrogens (tertiary/aromatic N) is 2. The fourth-order valence-corrected chi connectivity index (χ4v) is 6.31. The molecule has 1 saturated heterocycles. The molecule has 3 heterocycles. The van der Waals surface area contributed by atoms with Gasteiger partial charge in [0.25, 0.3) is 0 Å². The zero-order valence-corrected chi connectivity index (χ0v) is 26.5. The second kappa shape index (κ2) is 12.7. The van der Waals surface area contributed by atoms with Crippen molar-refractivity contribution in [3.8, 4) is 5.69 Å². The van der Waals surface area contributed by atoms with Crippen molar-refractivity contribution in [2.45, 2.75) is 58.3 Å². The Morgan fingerprint density at radius 3 is 2.42 bits per heavy atom. The van der Waals surface area contributed by atoms with E-state index < -0.39 is 0 Å². The number of urea groups is 1. The van der Waals surface area contributed by atoms with Gasteiger partial charge in [0.1, 0.15) is 11.6 Å². The van der Waals surface area contributed by atoms with Crippen LogP contribution in [0.3, 0.4) is 0 Å². The first kappa shape index (κ1) is 30.3. The summed E-state index contributed by atoms with van der Waals surface area (Å²) in [7, 11) is 0. The van der Waals surface area contributed by atoms with Gasteiger partial charge in [0.15, 0.2) is 0 Å². The van der Waals surface area contributed by atoms with Gasteiger partial charge in [-0.15, -0.1) is 0 Å². The Kier molecular flexibility index (Phi) is 8.59. The van der Waals surface area contributed by atoms with Crippen molar-refractivity contribution in [1.82, 2.24) is 20.1 Å². The maximum absolute atomic E-state index is 14.2. The largest absolute Gasteiger partial charge is 0.361 e. The molecule has 0 radical (unpaired) electrons. The van der Waals surface area contributed by atoms with Gasteiger partial charge in [-0.05, 0) is 74.2 Å². The van der Waals surface area contributed by atoms with Gasteiger partial charge in [-0.25, -0.2) is 9.48 Å². The van der Waals surface area contributed by atoms with E-state index in [1.807, 2.05) is 85.9 Å². The molecular formula is C37H42N6O2. The molecule has 4 N–H and O–H groups in total. The van der Waals surface area contributed by atoms with Crippen molar-refractivity contribution in [3.05, 3.63) is 107 Å². The molecule has 0 spiro atoms. The summed E-state index contributed by atoms with van der Waals surface area (Å²) in [5, 5.41) is 15.5. The summed E-state index contributed by atoms with van der Waals surface area (Å²) in [6, 6.07) is 25.4. The molecule has 1 unspecified atom stereocenters. The van der Waals surface area contributed by atoms with Crippen molar-refractivity contribution in [2.75, 3.05) is 23.7 Å². The van der Waals surface area contributed by atoms with Crippen molar-refractivity contribution in [3.63, 3.8) is 0 Å². The summed E-state index contributed by atoms with van der Waals surface area (Å²) < 4.78 is 1.77. The molecular weight excluding hydrogens is 560 g/mol. The van der Waals surface area contributed by atoms with Crippen LogP contribution in [0, 0.1) is 12.8 Å². The van der Waals surface area contributed by atoms with E-state index in [-0.39, 0.29) is 29.1 Å². The number of anilines is 2. The van der Waals surface area contributed by atoms with E-state index in [4.69, 9.17) is 5.10 Å². The summed E-state index contributed by atoms with van der Waals surface area (Å²) in [5.74, 6) is 0.563. The van der Waals surface area contributed by atoms with Crippen LogP contribution in [0.5, 0.6) is 0 Å². The van der Waals surface area contributed by atoms with Crippen molar-refractivity contribution in [2.24, 2.45) is 5.92 Å². The molecule has 3 aromatic carbocycles. The fourth-order valence-electron chi connectivity index (χ4n) is 6.31. The number of amides is 2. The summed E-state index contributed by atoms with van der Waals surface area (Å²) in [6.45, 7) is 10.1. The third-order valence-corrected chi connectivity index (χ3v) is 8.78. The summed E-state index contributed by atoms with van der Waals surface area (Å²) in [6.07, 6.45) is 4.07. The van der Waals surface area contributed by atoms with Gasteiger partial charge in [-0.3, -0.25) is 10.1 Å². The van der Waals surface area contributed by atoms with Crippen molar-refractivity contribution < 1.29 is 9.59 Å². The van der Waals surface area contributed by atoms with E-state index in [1.165, 1.54) is 0 Å². The number of ketones is 1. The van der Waals surface area contributed by atoms with Crippen LogP contribution in [0.15, 0.2) is 85.1 Å². The molecule has 8 nitrogen and oxygen atoms in total. The molecule has 1 aliphatic rings. The fraction of sp³-hybridized carbons (Fsp3) is 0.324. The number of Topliss-reactive ketones (excluding diaryl/α,β-unsaturated/α-hetero) is 1. The Bertz CT molecular complexity index is 1800. The first-order chi connectivity index (χ1) is 21.7. The Hall–Kier alpha value is -4.69. The number of piperidine rings is 1. The van der Waals surface area contributed by atoms with Crippen LogP contribution in [0.1, 0.15) is 61.9 Å².